The molecule has 0 aliphatic carbocycles. The fourth-order valence-corrected chi connectivity index (χ4v) is 3.68. The van der Waals surface area contributed by atoms with Crippen LogP contribution in [-0.4, -0.2) is 40.6 Å². The third kappa shape index (κ3) is 2.67. The van der Waals surface area contributed by atoms with E-state index in [4.69, 9.17) is 16.7 Å². The summed E-state index contributed by atoms with van der Waals surface area (Å²) in [6, 6.07) is 18.8. The molecule has 0 radical (unpaired) electrons. The minimum atomic E-state index is -0.122. The molecule has 124 valence electrons. The van der Waals surface area contributed by atoms with Crippen LogP contribution in [-0.2, 0) is 6.42 Å². The molecule has 3 nitrogen and oxygen atoms in total. The van der Waals surface area contributed by atoms with Gasteiger partial charge in [0.1, 0.15) is 17.1 Å². The third-order valence-corrected chi connectivity index (χ3v) is 5.21. The summed E-state index contributed by atoms with van der Waals surface area (Å²) in [5.74, 6) is 0.0986. The van der Waals surface area contributed by atoms with Gasteiger partial charge in [0.25, 0.3) is 0 Å². The average Bonchev–Trinajstić information content (AvgIpc) is 3.10. The number of nitrogens with zero attached hydrogens (tertiary/aromatic N) is 3. The molecule has 0 spiro atoms. The highest BCUT2D eigenvalue weighted by molar-refractivity contribution is 6.28. The van der Waals surface area contributed by atoms with Crippen LogP contribution in [0.2, 0.25) is 0 Å². The van der Waals surface area contributed by atoms with Crippen molar-refractivity contribution in [1.82, 2.24) is 4.90 Å². The molecule has 2 atom stereocenters. The van der Waals surface area contributed by atoms with Crippen LogP contribution in [0.5, 0.6) is 0 Å². The lowest BCUT2D eigenvalue weighted by molar-refractivity contribution is -0.439. The molecule has 2 aliphatic rings. The molecule has 2 aromatic carbocycles. The molecule has 0 amide bonds. The third-order valence-electron chi connectivity index (χ3n) is 4.56. The van der Waals surface area contributed by atoms with E-state index in [1.165, 1.54) is 17.0 Å². The molecule has 0 N–H and O–H groups in total. The maximum absolute atomic E-state index is 6.77. The highest BCUT2D eigenvalue weighted by Gasteiger charge is 2.48. The number of fused-ring (bicyclic) bond motifs is 2. The first-order chi connectivity index (χ1) is 11.2. The van der Waals surface area contributed by atoms with Crippen molar-refractivity contribution in [2.45, 2.75) is 11.9 Å². The van der Waals surface area contributed by atoms with Crippen LogP contribution in [0.4, 0.5) is 5.69 Å². The zero-order valence-electron chi connectivity index (χ0n) is 13.7. The molecule has 0 saturated carbocycles. The Morgan fingerprint density at radius 2 is 1.75 bits per heavy atom. The Bertz CT molecular complexity index is 812. The number of alkyl halides is 1. The highest BCUT2D eigenvalue weighted by Crippen LogP contribution is 2.36. The van der Waals surface area contributed by atoms with Crippen LogP contribution < -0.4 is 12.4 Å². The summed E-state index contributed by atoms with van der Waals surface area (Å²) < 4.78 is 2.10. The molecule has 2 heterocycles. The Morgan fingerprint density at radius 1 is 1.08 bits per heavy atom. The monoisotopic (exact) mass is 359 g/mol. The van der Waals surface area contributed by atoms with Gasteiger partial charge in [0.15, 0.2) is 0 Å². The van der Waals surface area contributed by atoms with Crippen molar-refractivity contribution >= 4 is 28.7 Å². The van der Waals surface area contributed by atoms with Gasteiger partial charge in [-0.25, -0.2) is 0 Å². The summed E-state index contributed by atoms with van der Waals surface area (Å²) in [5, 5.41) is 4.95. The van der Waals surface area contributed by atoms with Crippen LogP contribution in [0, 0.1) is 5.92 Å². The standard InChI is InChI=1S/C19H19ClN3.ClH/c1-22(2)19(20)17-16-12-14-10-6-7-11-15(14)23(16)21-18(17)13-8-4-3-5-9-13;/h3-11,17,19H,12H2,1-2H3;1H/q+1;/p-1. The zero-order valence-corrected chi connectivity index (χ0v) is 15.2. The van der Waals surface area contributed by atoms with E-state index in [2.05, 4.69) is 58.1 Å². The Morgan fingerprint density at radius 3 is 2.46 bits per heavy atom. The maximum Gasteiger partial charge on any atom is 0.241 e. The van der Waals surface area contributed by atoms with Crippen LogP contribution in [0.25, 0.3) is 0 Å². The first kappa shape index (κ1) is 17.2. The first-order valence-electron chi connectivity index (χ1n) is 7.85. The largest absolute Gasteiger partial charge is 1.00 e. The van der Waals surface area contributed by atoms with E-state index in [-0.39, 0.29) is 23.8 Å². The van der Waals surface area contributed by atoms with E-state index in [1.54, 1.807) is 0 Å². The normalized spacial score (nSPS) is 19.7. The van der Waals surface area contributed by atoms with Crippen LogP contribution in [0.3, 0.4) is 0 Å². The van der Waals surface area contributed by atoms with Crippen molar-refractivity contribution < 1.29 is 17.1 Å². The molecule has 2 aromatic rings. The van der Waals surface area contributed by atoms with E-state index in [9.17, 15) is 0 Å². The number of rotatable bonds is 3. The molecule has 2 unspecified atom stereocenters. The fourth-order valence-electron chi connectivity index (χ4n) is 3.41. The number of hydrazone groups is 1. The molecular formula is C19H19Cl2N3. The summed E-state index contributed by atoms with van der Waals surface area (Å²) in [4.78, 5) is 2.06. The number of hydrogen-bond acceptors (Lipinski definition) is 2. The summed E-state index contributed by atoms with van der Waals surface area (Å²) in [5.41, 5.74) is 5.86. The maximum atomic E-state index is 6.77. The Kier molecular flexibility index (Phi) is 4.77. The van der Waals surface area contributed by atoms with Gasteiger partial charge in [-0.3, -0.25) is 4.90 Å². The van der Waals surface area contributed by atoms with E-state index in [1.807, 2.05) is 20.2 Å². The zero-order chi connectivity index (χ0) is 16.0. The smallest absolute Gasteiger partial charge is 0.241 e. The van der Waals surface area contributed by atoms with Crippen molar-refractivity contribution in [3.8, 4) is 0 Å². The van der Waals surface area contributed by atoms with Gasteiger partial charge in [-0.1, -0.05) is 53.2 Å². The van der Waals surface area contributed by atoms with Gasteiger partial charge < -0.3 is 12.4 Å². The van der Waals surface area contributed by atoms with Crippen molar-refractivity contribution in [2.24, 2.45) is 11.0 Å². The van der Waals surface area contributed by atoms with E-state index >= 15 is 0 Å². The SMILES string of the molecule is CN(C)C(Cl)C1C(c2ccccc2)=N[N+]2=C1Cc1ccccc12.[Cl-]. The molecule has 0 bridgehead atoms. The van der Waals surface area contributed by atoms with Gasteiger partial charge >= 0.3 is 0 Å². The number of para-hydroxylation sites is 1. The van der Waals surface area contributed by atoms with Gasteiger partial charge in [-0.2, -0.15) is 0 Å². The van der Waals surface area contributed by atoms with Crippen LogP contribution in [0.1, 0.15) is 11.1 Å². The minimum absolute atomic E-state index is 0. The van der Waals surface area contributed by atoms with Crippen molar-refractivity contribution in [3.05, 3.63) is 65.7 Å². The van der Waals surface area contributed by atoms with E-state index in [0.717, 1.165) is 17.7 Å². The van der Waals surface area contributed by atoms with Crippen molar-refractivity contribution in [2.75, 3.05) is 14.1 Å². The molecular weight excluding hydrogens is 341 g/mol. The molecule has 0 aromatic heterocycles. The van der Waals surface area contributed by atoms with Crippen LogP contribution >= 0.6 is 11.6 Å². The second-order valence-electron chi connectivity index (χ2n) is 6.27. The number of benzene rings is 2. The predicted molar refractivity (Wildman–Crippen MR) is 94.9 cm³/mol. The predicted octanol–water partition coefficient (Wildman–Crippen LogP) is 0.492. The summed E-state index contributed by atoms with van der Waals surface area (Å²) in [7, 11) is 4.04. The summed E-state index contributed by atoms with van der Waals surface area (Å²) in [6.45, 7) is 0. The molecule has 2 aliphatic heterocycles. The van der Waals surface area contributed by atoms with Gasteiger partial charge in [0, 0.05) is 22.3 Å². The van der Waals surface area contributed by atoms with Gasteiger partial charge in [0.2, 0.25) is 11.4 Å². The second-order valence-corrected chi connectivity index (χ2v) is 6.72. The van der Waals surface area contributed by atoms with Gasteiger partial charge in [0.05, 0.1) is 6.42 Å². The lowest BCUT2D eigenvalue weighted by Gasteiger charge is -2.23. The Labute approximate surface area is 153 Å². The molecule has 4 rings (SSSR count). The number of hydrogen-bond donors (Lipinski definition) is 0. The molecule has 5 heteroatoms. The number of halogens is 2. The molecule has 0 fully saturated rings. The molecule has 24 heavy (non-hydrogen) atoms. The van der Waals surface area contributed by atoms with E-state index in [0.29, 0.717) is 0 Å². The van der Waals surface area contributed by atoms with Gasteiger partial charge in [-0.15, -0.1) is 11.6 Å². The lowest BCUT2D eigenvalue weighted by atomic mass is 9.90. The summed E-state index contributed by atoms with van der Waals surface area (Å²) >= 11 is 6.77. The second kappa shape index (κ2) is 6.67. The lowest BCUT2D eigenvalue weighted by Crippen LogP contribution is -3.00. The fraction of sp³-hybridized carbons (Fsp3) is 0.263. The summed E-state index contributed by atoms with van der Waals surface area (Å²) in [6.07, 6.45) is 0.914. The highest BCUT2D eigenvalue weighted by atomic mass is 35.5. The van der Waals surface area contributed by atoms with E-state index < -0.39 is 0 Å². The van der Waals surface area contributed by atoms with Crippen molar-refractivity contribution in [3.63, 3.8) is 0 Å². The average molecular weight is 360 g/mol. The quantitative estimate of drug-likeness (QED) is 0.443. The topological polar surface area (TPSA) is 18.6 Å². The molecule has 0 saturated heterocycles. The Hall–Kier alpha value is -1.68. The Balaban J connectivity index is 0.00000169. The minimum Gasteiger partial charge on any atom is -1.00 e. The van der Waals surface area contributed by atoms with Crippen LogP contribution in [0.15, 0.2) is 59.7 Å². The van der Waals surface area contributed by atoms with Gasteiger partial charge in [-0.05, 0) is 14.1 Å². The first-order valence-corrected chi connectivity index (χ1v) is 8.28. The van der Waals surface area contributed by atoms with Crippen molar-refractivity contribution in [1.29, 1.82) is 0 Å².